The van der Waals surface area contributed by atoms with Crippen LogP contribution in [-0.2, 0) is 11.2 Å². The Bertz CT molecular complexity index is 1980. The summed E-state index contributed by atoms with van der Waals surface area (Å²) < 4.78 is 40.3. The average Bonchev–Trinajstić information content (AvgIpc) is 3.60. The highest BCUT2D eigenvalue weighted by atomic mass is 35.5. The third-order valence-electron chi connectivity index (χ3n) is 7.99. The molecule has 1 unspecified atom stereocenters. The summed E-state index contributed by atoms with van der Waals surface area (Å²) in [5.41, 5.74) is 11.8. The molecular weight excluding hydrogens is 647 g/mol. The molecule has 1 aromatic heterocycles. The van der Waals surface area contributed by atoms with Gasteiger partial charge in [-0.25, -0.2) is 0 Å². The van der Waals surface area contributed by atoms with Gasteiger partial charge in [-0.05, 0) is 87.8 Å². The molecule has 7 nitrogen and oxygen atoms in total. The molecule has 0 spiro atoms. The second-order valence-electron chi connectivity index (χ2n) is 11.1. The zero-order valence-corrected chi connectivity index (χ0v) is 26.7. The van der Waals surface area contributed by atoms with Crippen molar-refractivity contribution in [1.29, 1.82) is 0 Å². The van der Waals surface area contributed by atoms with E-state index in [2.05, 4.69) is 15.4 Å². The van der Waals surface area contributed by atoms with Crippen molar-refractivity contribution in [1.82, 2.24) is 20.1 Å². The van der Waals surface area contributed by atoms with E-state index in [-0.39, 0.29) is 11.1 Å². The standard InChI is InChI=1S/C35H29ClF3N5O2S/c1-2-3-8-27-28(18-17-25-23-10-5-6-11-24(23)30(29(25)27)31(45)41-19-35(37,38)39)47-34-42-33(40)44(43-34)32(46)26-12-7-4-9-22(26)20-13-15-21(36)16-14-20/h4-7,9-18,30H,2-3,8,19H2,1H3,(H,41,45)(H2,40,42,43). The van der Waals surface area contributed by atoms with Gasteiger partial charge in [0.15, 0.2) is 0 Å². The number of hydrogen-bond donors (Lipinski definition) is 2. The number of halogens is 4. The van der Waals surface area contributed by atoms with Gasteiger partial charge in [-0.1, -0.05) is 85.6 Å². The Morgan fingerprint density at radius 1 is 0.957 bits per heavy atom. The van der Waals surface area contributed by atoms with Crippen LogP contribution >= 0.6 is 23.4 Å². The first-order valence-electron chi connectivity index (χ1n) is 14.9. The van der Waals surface area contributed by atoms with Crippen LogP contribution in [0.15, 0.2) is 95.0 Å². The van der Waals surface area contributed by atoms with Crippen molar-refractivity contribution in [3.8, 4) is 22.3 Å². The minimum absolute atomic E-state index is 0.100. The Labute approximate surface area is 278 Å². The van der Waals surface area contributed by atoms with Gasteiger partial charge in [0.25, 0.3) is 5.91 Å². The number of anilines is 1. The molecular formula is C35H29ClF3N5O2S. The Morgan fingerprint density at radius 2 is 1.66 bits per heavy atom. The highest BCUT2D eigenvalue weighted by molar-refractivity contribution is 7.99. The zero-order chi connectivity index (χ0) is 33.3. The lowest BCUT2D eigenvalue weighted by molar-refractivity contribution is -0.138. The summed E-state index contributed by atoms with van der Waals surface area (Å²) in [7, 11) is 0. The van der Waals surface area contributed by atoms with Gasteiger partial charge >= 0.3 is 6.18 Å². The number of carbonyl (C=O) groups is 2. The molecule has 1 aliphatic rings. The maximum atomic E-state index is 13.8. The Kier molecular flexibility index (Phi) is 9.11. The highest BCUT2D eigenvalue weighted by Crippen LogP contribution is 2.49. The molecule has 4 aromatic carbocycles. The maximum Gasteiger partial charge on any atom is 0.405 e. The number of unbranched alkanes of at least 4 members (excludes halogenated alkanes) is 1. The Balaban J connectivity index is 1.37. The van der Waals surface area contributed by atoms with Crippen LogP contribution < -0.4 is 11.1 Å². The van der Waals surface area contributed by atoms with E-state index >= 15 is 0 Å². The number of aromatic nitrogens is 3. The maximum absolute atomic E-state index is 13.8. The van der Waals surface area contributed by atoms with Crippen molar-refractivity contribution in [3.05, 3.63) is 112 Å². The molecule has 0 aliphatic heterocycles. The molecule has 6 rings (SSSR count). The van der Waals surface area contributed by atoms with E-state index in [1.807, 2.05) is 55.5 Å². The van der Waals surface area contributed by atoms with Crippen molar-refractivity contribution >= 4 is 41.1 Å². The van der Waals surface area contributed by atoms with Crippen molar-refractivity contribution in [3.63, 3.8) is 0 Å². The predicted octanol–water partition coefficient (Wildman–Crippen LogP) is 8.15. The fourth-order valence-corrected chi connectivity index (χ4v) is 6.94. The second kappa shape index (κ2) is 13.2. The highest BCUT2D eigenvalue weighted by Gasteiger charge is 2.38. The van der Waals surface area contributed by atoms with Crippen LogP contribution in [-0.4, -0.2) is 39.3 Å². The van der Waals surface area contributed by atoms with E-state index < -0.39 is 30.5 Å². The fourth-order valence-electron chi connectivity index (χ4n) is 5.89. The van der Waals surface area contributed by atoms with Crippen LogP contribution in [0.5, 0.6) is 0 Å². The molecule has 1 atom stereocenters. The van der Waals surface area contributed by atoms with Crippen LogP contribution in [0.3, 0.4) is 0 Å². The van der Waals surface area contributed by atoms with Crippen molar-refractivity contribution in [2.45, 2.75) is 48.3 Å². The normalized spacial score (nSPS) is 13.7. The molecule has 0 saturated carbocycles. The Hall–Kier alpha value is -4.61. The number of rotatable bonds is 9. The molecule has 0 saturated heterocycles. The first kappa shape index (κ1) is 32.3. The molecule has 1 heterocycles. The van der Waals surface area contributed by atoms with Crippen LogP contribution in [0.2, 0.25) is 5.02 Å². The van der Waals surface area contributed by atoms with Crippen molar-refractivity contribution in [2.75, 3.05) is 12.3 Å². The van der Waals surface area contributed by atoms with E-state index in [0.717, 1.165) is 44.7 Å². The van der Waals surface area contributed by atoms with Gasteiger partial charge < -0.3 is 11.1 Å². The summed E-state index contributed by atoms with van der Waals surface area (Å²) in [4.78, 5) is 32.3. The topological polar surface area (TPSA) is 103 Å². The van der Waals surface area contributed by atoms with Gasteiger partial charge in [0, 0.05) is 15.5 Å². The van der Waals surface area contributed by atoms with E-state index in [0.29, 0.717) is 33.7 Å². The number of fused-ring (bicyclic) bond motifs is 3. The summed E-state index contributed by atoms with van der Waals surface area (Å²) in [5, 5.41) is 7.35. The summed E-state index contributed by atoms with van der Waals surface area (Å²) in [6.45, 7) is 0.615. The number of hydrogen-bond acceptors (Lipinski definition) is 6. The molecule has 240 valence electrons. The number of nitrogens with one attached hydrogen (secondary N) is 1. The number of alkyl halides is 3. The Morgan fingerprint density at radius 3 is 2.38 bits per heavy atom. The summed E-state index contributed by atoms with van der Waals surface area (Å²) in [6, 6.07) is 25.3. The van der Waals surface area contributed by atoms with Crippen LogP contribution in [0.1, 0.15) is 52.7 Å². The van der Waals surface area contributed by atoms with Crippen molar-refractivity contribution in [2.24, 2.45) is 0 Å². The predicted molar refractivity (Wildman–Crippen MR) is 177 cm³/mol. The fraction of sp³-hybridized carbons (Fsp3) is 0.200. The van der Waals surface area contributed by atoms with Crippen LogP contribution in [0.25, 0.3) is 22.3 Å². The lowest BCUT2D eigenvalue weighted by atomic mass is 9.90. The second-order valence-corrected chi connectivity index (χ2v) is 12.5. The quantitative estimate of drug-likeness (QED) is 0.163. The number of carbonyl (C=O) groups excluding carboxylic acids is 2. The number of nitrogens with zero attached hydrogens (tertiary/aromatic N) is 3. The van der Waals surface area contributed by atoms with E-state index in [4.69, 9.17) is 17.3 Å². The lowest BCUT2D eigenvalue weighted by Gasteiger charge is -2.20. The summed E-state index contributed by atoms with van der Waals surface area (Å²) in [6.07, 6.45) is -2.34. The van der Waals surface area contributed by atoms with Gasteiger partial charge in [0.1, 0.15) is 6.54 Å². The molecule has 3 N–H and O–H groups in total. The molecule has 5 aromatic rings. The van der Waals surface area contributed by atoms with Gasteiger partial charge in [-0.15, -0.1) is 5.10 Å². The molecule has 0 radical (unpaired) electrons. The minimum atomic E-state index is -4.55. The van der Waals surface area contributed by atoms with Crippen LogP contribution in [0, 0.1) is 0 Å². The van der Waals surface area contributed by atoms with Gasteiger partial charge in [0.2, 0.25) is 17.0 Å². The zero-order valence-electron chi connectivity index (χ0n) is 25.1. The van der Waals surface area contributed by atoms with E-state index in [1.165, 1.54) is 11.8 Å². The molecule has 1 aliphatic carbocycles. The number of nitrogen functional groups attached to an aromatic ring is 1. The number of benzene rings is 4. The van der Waals surface area contributed by atoms with Gasteiger partial charge in [0.05, 0.1) is 5.92 Å². The largest absolute Gasteiger partial charge is 0.405 e. The monoisotopic (exact) mass is 675 g/mol. The minimum Gasteiger partial charge on any atom is -0.368 e. The first-order chi connectivity index (χ1) is 22.6. The van der Waals surface area contributed by atoms with Gasteiger partial charge in [-0.3, -0.25) is 9.59 Å². The molecule has 47 heavy (non-hydrogen) atoms. The molecule has 0 bridgehead atoms. The third kappa shape index (κ3) is 6.63. The SMILES string of the molecule is CCCCc1c(Sc2nc(N)n(C(=O)c3ccccc3-c3ccc(Cl)cc3)n2)ccc2c1C(C(=O)NCC(F)(F)F)c1ccccc1-2. The van der Waals surface area contributed by atoms with Crippen molar-refractivity contribution < 1.29 is 22.8 Å². The average molecular weight is 676 g/mol. The molecule has 12 heteroatoms. The molecule has 0 fully saturated rings. The smallest absolute Gasteiger partial charge is 0.368 e. The van der Waals surface area contributed by atoms with Gasteiger partial charge in [-0.2, -0.15) is 22.8 Å². The summed E-state index contributed by atoms with van der Waals surface area (Å²) in [5.74, 6) is -2.21. The third-order valence-corrected chi connectivity index (χ3v) is 9.20. The van der Waals surface area contributed by atoms with E-state index in [9.17, 15) is 22.8 Å². The van der Waals surface area contributed by atoms with E-state index in [1.54, 1.807) is 36.4 Å². The lowest BCUT2D eigenvalue weighted by Crippen LogP contribution is -2.37. The number of amides is 1. The number of nitrogens with two attached hydrogens (primary N) is 1. The molecule has 1 amide bonds. The summed E-state index contributed by atoms with van der Waals surface area (Å²) >= 11 is 7.25. The first-order valence-corrected chi connectivity index (χ1v) is 16.1. The van der Waals surface area contributed by atoms with Crippen LogP contribution in [0.4, 0.5) is 19.1 Å².